The molecule has 1 aromatic rings. The minimum atomic E-state index is -3.07. The van der Waals surface area contributed by atoms with E-state index in [1.165, 1.54) is 12.1 Å². The van der Waals surface area contributed by atoms with Gasteiger partial charge >= 0.3 is 0 Å². The molecule has 2 aliphatic rings. The first kappa shape index (κ1) is 19.6. The van der Waals surface area contributed by atoms with Crippen molar-refractivity contribution >= 4 is 27.5 Å². The average molecular weight is 401 g/mol. The van der Waals surface area contributed by atoms with E-state index in [-0.39, 0.29) is 35.3 Å². The predicted molar refractivity (Wildman–Crippen MR) is 102 cm³/mol. The zero-order chi connectivity index (χ0) is 18.7. The fourth-order valence-corrected chi connectivity index (χ4v) is 6.70. The Morgan fingerprint density at radius 3 is 2.58 bits per heavy atom. The third-order valence-corrected chi connectivity index (χ3v) is 7.89. The van der Waals surface area contributed by atoms with Crippen LogP contribution in [0.1, 0.15) is 18.9 Å². The third-order valence-electron chi connectivity index (χ3n) is 5.16. The number of hydrogen-bond acceptors (Lipinski definition) is 5. The van der Waals surface area contributed by atoms with Crippen LogP contribution in [0.4, 0.5) is 4.39 Å². The molecule has 0 N–H and O–H groups in total. The summed E-state index contributed by atoms with van der Waals surface area (Å²) in [6.45, 7) is 4.19. The van der Waals surface area contributed by atoms with Crippen molar-refractivity contribution in [2.45, 2.75) is 31.2 Å². The lowest BCUT2D eigenvalue weighted by Crippen LogP contribution is -2.60. The first-order valence-corrected chi connectivity index (χ1v) is 11.9. The van der Waals surface area contributed by atoms with E-state index in [0.29, 0.717) is 18.7 Å². The Hall–Kier alpha value is -1.12. The molecule has 1 aromatic carbocycles. The smallest absolute Gasteiger partial charge is 0.223 e. The lowest BCUT2D eigenvalue weighted by atomic mass is 10.0. The van der Waals surface area contributed by atoms with Crippen molar-refractivity contribution in [2.24, 2.45) is 0 Å². The van der Waals surface area contributed by atoms with E-state index >= 15 is 0 Å². The van der Waals surface area contributed by atoms with Crippen LogP contribution in [0, 0.1) is 5.82 Å². The van der Waals surface area contributed by atoms with Crippen LogP contribution in [0.3, 0.4) is 0 Å². The summed E-state index contributed by atoms with van der Waals surface area (Å²) in [6, 6.07) is 6.12. The molecule has 2 aliphatic heterocycles. The molecule has 5 nitrogen and oxygen atoms in total. The van der Waals surface area contributed by atoms with E-state index in [1.807, 2.05) is 6.92 Å². The first-order valence-electron chi connectivity index (χ1n) is 8.96. The number of halogens is 1. The lowest BCUT2D eigenvalue weighted by Gasteiger charge is -2.43. The second kappa shape index (κ2) is 8.27. The van der Waals surface area contributed by atoms with Crippen molar-refractivity contribution in [1.82, 2.24) is 9.80 Å². The Morgan fingerprint density at radius 2 is 1.88 bits per heavy atom. The van der Waals surface area contributed by atoms with Crippen molar-refractivity contribution in [3.05, 3.63) is 35.6 Å². The average Bonchev–Trinajstić information content (AvgIpc) is 2.94. The second-order valence-electron chi connectivity index (χ2n) is 6.86. The number of fused-ring (bicyclic) bond motifs is 1. The van der Waals surface area contributed by atoms with E-state index < -0.39 is 9.84 Å². The molecule has 2 fully saturated rings. The molecule has 26 heavy (non-hydrogen) atoms. The Labute approximate surface area is 158 Å². The molecule has 2 saturated heterocycles. The number of rotatable bonds is 6. The zero-order valence-corrected chi connectivity index (χ0v) is 16.6. The molecule has 0 bridgehead atoms. The van der Waals surface area contributed by atoms with Crippen LogP contribution >= 0.6 is 11.8 Å². The Balaban J connectivity index is 1.52. The van der Waals surface area contributed by atoms with Crippen LogP contribution in [0.25, 0.3) is 0 Å². The molecular formula is C18H25FN2O3S2. The van der Waals surface area contributed by atoms with Crippen LogP contribution in [-0.4, -0.2) is 73.1 Å². The number of sulfone groups is 1. The zero-order valence-electron chi connectivity index (χ0n) is 14.9. The van der Waals surface area contributed by atoms with Gasteiger partial charge in [0.05, 0.1) is 17.5 Å². The number of piperazine rings is 1. The molecule has 144 valence electrons. The summed E-state index contributed by atoms with van der Waals surface area (Å²) in [6.07, 6.45) is 0.404. The van der Waals surface area contributed by atoms with E-state index in [0.717, 1.165) is 24.4 Å². The van der Waals surface area contributed by atoms with Crippen molar-refractivity contribution in [3.8, 4) is 0 Å². The summed E-state index contributed by atoms with van der Waals surface area (Å²) in [4.78, 5) is 16.6. The SMILES string of the molecule is CCN1CCN(C(=O)CCSCc2ccc(F)cc2)[C@@H]2CS(=O)(=O)C[C@@H]21. The molecule has 2 heterocycles. The summed E-state index contributed by atoms with van der Waals surface area (Å²) >= 11 is 1.64. The maximum atomic E-state index is 12.9. The number of benzene rings is 1. The normalized spacial score (nSPS) is 25.2. The van der Waals surface area contributed by atoms with Crippen LogP contribution in [0.2, 0.25) is 0 Å². The number of carbonyl (C=O) groups excluding carboxylic acids is 1. The minimum Gasteiger partial charge on any atom is -0.336 e. The summed E-state index contributed by atoms with van der Waals surface area (Å²) in [5.41, 5.74) is 1.03. The molecule has 0 saturated carbocycles. The van der Waals surface area contributed by atoms with Gasteiger partial charge < -0.3 is 4.90 Å². The van der Waals surface area contributed by atoms with Gasteiger partial charge in [0.2, 0.25) is 5.91 Å². The van der Waals surface area contributed by atoms with Gasteiger partial charge in [0.1, 0.15) is 5.82 Å². The molecule has 2 atom stereocenters. The van der Waals surface area contributed by atoms with E-state index in [9.17, 15) is 17.6 Å². The summed E-state index contributed by atoms with van der Waals surface area (Å²) in [7, 11) is -3.07. The molecule has 0 radical (unpaired) electrons. The van der Waals surface area contributed by atoms with Crippen LogP contribution < -0.4 is 0 Å². The highest BCUT2D eigenvalue weighted by atomic mass is 32.2. The van der Waals surface area contributed by atoms with Gasteiger partial charge in [0.25, 0.3) is 0 Å². The molecule has 0 unspecified atom stereocenters. The van der Waals surface area contributed by atoms with Gasteiger partial charge in [-0.25, -0.2) is 12.8 Å². The van der Waals surface area contributed by atoms with Crippen LogP contribution in [-0.2, 0) is 20.4 Å². The van der Waals surface area contributed by atoms with Crippen LogP contribution in [0.15, 0.2) is 24.3 Å². The maximum Gasteiger partial charge on any atom is 0.223 e. The van der Waals surface area contributed by atoms with Crippen molar-refractivity contribution in [2.75, 3.05) is 36.9 Å². The van der Waals surface area contributed by atoms with E-state index in [4.69, 9.17) is 0 Å². The largest absolute Gasteiger partial charge is 0.336 e. The third kappa shape index (κ3) is 4.58. The van der Waals surface area contributed by atoms with Gasteiger partial charge in [-0.05, 0) is 24.2 Å². The highest BCUT2D eigenvalue weighted by Crippen LogP contribution is 2.27. The number of thioether (sulfide) groups is 1. The monoisotopic (exact) mass is 400 g/mol. The Morgan fingerprint density at radius 1 is 1.19 bits per heavy atom. The topological polar surface area (TPSA) is 57.7 Å². The Kier molecular flexibility index (Phi) is 6.25. The highest BCUT2D eigenvalue weighted by Gasteiger charge is 2.47. The summed E-state index contributed by atoms with van der Waals surface area (Å²) in [5, 5.41) is 0. The molecule has 0 aliphatic carbocycles. The summed E-state index contributed by atoms with van der Waals surface area (Å²) in [5.74, 6) is 1.45. The standard InChI is InChI=1S/C18H25FN2O3S2/c1-2-20-8-9-21(17-13-26(23,24)12-16(17)20)18(22)7-10-25-11-14-3-5-15(19)6-4-14/h3-6,16-17H,2,7-13H2,1H3/t16-,17+/m0/s1. The van der Waals surface area contributed by atoms with Crippen molar-refractivity contribution in [3.63, 3.8) is 0 Å². The molecule has 8 heteroatoms. The lowest BCUT2D eigenvalue weighted by molar-refractivity contribution is -0.136. The number of hydrogen-bond donors (Lipinski definition) is 0. The predicted octanol–water partition coefficient (Wildman–Crippen LogP) is 1.78. The molecular weight excluding hydrogens is 375 g/mol. The van der Waals surface area contributed by atoms with Crippen LogP contribution in [0.5, 0.6) is 0 Å². The number of amides is 1. The quantitative estimate of drug-likeness (QED) is 0.682. The fraction of sp³-hybridized carbons (Fsp3) is 0.611. The second-order valence-corrected chi connectivity index (χ2v) is 10.1. The Bertz CT molecular complexity index is 739. The molecule has 3 rings (SSSR count). The maximum absolute atomic E-state index is 12.9. The van der Waals surface area contributed by atoms with E-state index in [2.05, 4.69) is 4.90 Å². The molecule has 1 amide bonds. The molecule has 0 spiro atoms. The highest BCUT2D eigenvalue weighted by molar-refractivity contribution is 7.98. The van der Waals surface area contributed by atoms with Gasteiger partial charge in [-0.3, -0.25) is 9.69 Å². The van der Waals surface area contributed by atoms with Gasteiger partial charge in [-0.15, -0.1) is 0 Å². The van der Waals surface area contributed by atoms with Crippen molar-refractivity contribution < 1.29 is 17.6 Å². The fourth-order valence-electron chi connectivity index (χ4n) is 3.80. The van der Waals surface area contributed by atoms with Crippen molar-refractivity contribution in [1.29, 1.82) is 0 Å². The van der Waals surface area contributed by atoms with Gasteiger partial charge in [-0.2, -0.15) is 11.8 Å². The number of likely N-dealkylation sites (N-methyl/N-ethyl adjacent to an activating group) is 1. The summed E-state index contributed by atoms with van der Waals surface area (Å²) < 4.78 is 37.0. The minimum absolute atomic E-state index is 0.0412. The molecule has 0 aromatic heterocycles. The van der Waals surface area contributed by atoms with Gasteiger partial charge in [-0.1, -0.05) is 19.1 Å². The van der Waals surface area contributed by atoms with E-state index in [1.54, 1.807) is 28.8 Å². The van der Waals surface area contributed by atoms with Gasteiger partial charge in [0.15, 0.2) is 9.84 Å². The van der Waals surface area contributed by atoms with Gasteiger partial charge in [0, 0.05) is 37.1 Å². The number of carbonyl (C=O) groups is 1. The first-order chi connectivity index (χ1) is 12.4. The number of nitrogens with zero attached hydrogens (tertiary/aromatic N) is 2.